The average Bonchev–Trinajstić information content (AvgIpc) is 3.29. The molecule has 140 valence electrons. The van der Waals surface area contributed by atoms with Crippen molar-refractivity contribution < 1.29 is 14.3 Å². The zero-order valence-electron chi connectivity index (χ0n) is 14.7. The summed E-state index contributed by atoms with van der Waals surface area (Å²) in [5.74, 6) is -0.645. The molecule has 0 aliphatic carbocycles. The molecule has 8 heteroatoms. The summed E-state index contributed by atoms with van der Waals surface area (Å²) in [5.41, 5.74) is 7.89. The van der Waals surface area contributed by atoms with Crippen molar-refractivity contribution in [3.8, 4) is 17.0 Å². The Kier molecular flexibility index (Phi) is 4.77. The molecule has 2 amide bonds. The van der Waals surface area contributed by atoms with E-state index in [1.54, 1.807) is 35.6 Å². The number of anilines is 1. The molecule has 0 aliphatic heterocycles. The molecule has 2 aromatic heterocycles. The second-order valence-corrected chi connectivity index (χ2v) is 6.87. The monoisotopic (exact) mass is 392 g/mol. The van der Waals surface area contributed by atoms with Gasteiger partial charge < -0.3 is 15.8 Å². The van der Waals surface area contributed by atoms with Gasteiger partial charge in [0.05, 0.1) is 11.3 Å². The second-order valence-electron chi connectivity index (χ2n) is 6.00. The minimum atomic E-state index is -0.607. The highest BCUT2D eigenvalue weighted by atomic mass is 32.1. The summed E-state index contributed by atoms with van der Waals surface area (Å²) < 4.78 is 7.28. The van der Waals surface area contributed by atoms with E-state index in [0.29, 0.717) is 17.0 Å². The molecule has 4 aromatic rings. The van der Waals surface area contributed by atoms with Gasteiger partial charge in [-0.3, -0.25) is 14.0 Å². The zero-order valence-corrected chi connectivity index (χ0v) is 15.5. The predicted molar refractivity (Wildman–Crippen MR) is 108 cm³/mol. The van der Waals surface area contributed by atoms with Gasteiger partial charge >= 0.3 is 0 Å². The molecule has 2 aromatic carbocycles. The van der Waals surface area contributed by atoms with Crippen LogP contribution in [0.3, 0.4) is 0 Å². The fourth-order valence-corrected chi connectivity index (χ4v) is 3.42. The standard InChI is InChI=1S/C20H16N4O3S/c21-18(25)12-27-17-4-2-1-3-15(17)19(26)22-14-7-5-13(6-8-14)16-11-24-9-10-28-20(24)23-16/h1-11H,12H2,(H2,21,25)(H,22,26). The molecule has 2 heterocycles. The van der Waals surface area contributed by atoms with E-state index in [1.165, 1.54) is 0 Å². The maximum absolute atomic E-state index is 12.6. The second kappa shape index (κ2) is 7.53. The van der Waals surface area contributed by atoms with Crippen molar-refractivity contribution in [3.05, 3.63) is 71.9 Å². The molecule has 3 N–H and O–H groups in total. The zero-order chi connectivity index (χ0) is 19.5. The van der Waals surface area contributed by atoms with Gasteiger partial charge in [0, 0.05) is 29.0 Å². The van der Waals surface area contributed by atoms with E-state index < -0.39 is 5.91 Å². The summed E-state index contributed by atoms with van der Waals surface area (Å²) in [4.78, 5) is 29.0. The van der Waals surface area contributed by atoms with Crippen molar-refractivity contribution in [2.45, 2.75) is 0 Å². The molecule has 0 saturated carbocycles. The Balaban J connectivity index is 1.49. The summed E-state index contributed by atoms with van der Waals surface area (Å²) in [7, 11) is 0. The molecule has 0 atom stereocenters. The van der Waals surface area contributed by atoms with Gasteiger partial charge in [0.1, 0.15) is 5.75 Å². The van der Waals surface area contributed by atoms with Gasteiger partial charge in [0.25, 0.3) is 11.8 Å². The predicted octanol–water partition coefficient (Wildman–Crippen LogP) is 3.18. The summed E-state index contributed by atoms with van der Waals surface area (Å²) in [5, 5.41) is 4.81. The van der Waals surface area contributed by atoms with Crippen molar-refractivity contribution in [2.24, 2.45) is 5.73 Å². The molecular weight excluding hydrogens is 376 g/mol. The van der Waals surface area contributed by atoms with Crippen molar-refractivity contribution in [1.29, 1.82) is 0 Å². The minimum Gasteiger partial charge on any atom is -0.483 e. The Morgan fingerprint density at radius 1 is 1.14 bits per heavy atom. The highest BCUT2D eigenvalue weighted by Crippen LogP contribution is 2.24. The molecule has 0 fully saturated rings. The molecule has 0 saturated heterocycles. The number of rotatable bonds is 6. The number of fused-ring (bicyclic) bond motifs is 1. The van der Waals surface area contributed by atoms with Gasteiger partial charge in [-0.25, -0.2) is 4.98 Å². The fourth-order valence-electron chi connectivity index (χ4n) is 2.72. The Morgan fingerprint density at radius 2 is 1.93 bits per heavy atom. The maximum atomic E-state index is 12.6. The Labute approximate surface area is 164 Å². The molecule has 0 radical (unpaired) electrons. The number of aromatic nitrogens is 2. The number of ether oxygens (including phenoxy) is 1. The first-order chi connectivity index (χ1) is 13.6. The lowest BCUT2D eigenvalue weighted by Gasteiger charge is -2.11. The number of hydrogen-bond donors (Lipinski definition) is 2. The van der Waals surface area contributed by atoms with E-state index in [9.17, 15) is 9.59 Å². The van der Waals surface area contributed by atoms with Crippen LogP contribution < -0.4 is 15.8 Å². The number of benzene rings is 2. The van der Waals surface area contributed by atoms with Crippen LogP contribution in [0, 0.1) is 0 Å². The first-order valence-electron chi connectivity index (χ1n) is 8.44. The molecule has 0 bridgehead atoms. The number of carbonyl (C=O) groups excluding carboxylic acids is 2. The van der Waals surface area contributed by atoms with Crippen LogP contribution in [0.1, 0.15) is 10.4 Å². The summed E-state index contributed by atoms with van der Waals surface area (Å²) >= 11 is 1.57. The number of amides is 2. The van der Waals surface area contributed by atoms with Gasteiger partial charge in [-0.2, -0.15) is 0 Å². The lowest BCUT2D eigenvalue weighted by molar-refractivity contribution is -0.119. The van der Waals surface area contributed by atoms with E-state index >= 15 is 0 Å². The smallest absolute Gasteiger partial charge is 0.259 e. The summed E-state index contributed by atoms with van der Waals surface area (Å²) in [6.07, 6.45) is 3.93. The van der Waals surface area contributed by atoms with Crippen molar-refractivity contribution in [3.63, 3.8) is 0 Å². The summed E-state index contributed by atoms with van der Waals surface area (Å²) in [6.45, 7) is -0.291. The van der Waals surface area contributed by atoms with Gasteiger partial charge in [-0.15, -0.1) is 11.3 Å². The summed E-state index contributed by atoms with van der Waals surface area (Å²) in [6, 6.07) is 14.1. The largest absolute Gasteiger partial charge is 0.483 e. The van der Waals surface area contributed by atoms with Crippen molar-refractivity contribution in [1.82, 2.24) is 9.38 Å². The first-order valence-corrected chi connectivity index (χ1v) is 9.32. The Morgan fingerprint density at radius 3 is 2.68 bits per heavy atom. The number of nitrogens with two attached hydrogens (primary N) is 1. The third-order valence-electron chi connectivity index (χ3n) is 4.03. The number of nitrogens with one attached hydrogen (secondary N) is 1. The van der Waals surface area contributed by atoms with Gasteiger partial charge in [-0.05, 0) is 24.3 Å². The van der Waals surface area contributed by atoms with Crippen LogP contribution in [-0.4, -0.2) is 27.8 Å². The van der Waals surface area contributed by atoms with Crippen LogP contribution in [0.2, 0.25) is 0 Å². The van der Waals surface area contributed by atoms with E-state index in [2.05, 4.69) is 10.3 Å². The van der Waals surface area contributed by atoms with Crippen LogP contribution in [0.25, 0.3) is 16.2 Å². The molecule has 0 spiro atoms. The van der Waals surface area contributed by atoms with Crippen LogP contribution in [-0.2, 0) is 4.79 Å². The van der Waals surface area contributed by atoms with Crippen LogP contribution in [0.15, 0.2) is 66.3 Å². The highest BCUT2D eigenvalue weighted by Gasteiger charge is 2.13. The normalized spacial score (nSPS) is 10.7. The topological polar surface area (TPSA) is 98.7 Å². The number of nitrogens with zero attached hydrogens (tertiary/aromatic N) is 2. The number of carbonyl (C=O) groups is 2. The van der Waals surface area contributed by atoms with E-state index in [1.807, 2.05) is 46.4 Å². The lowest BCUT2D eigenvalue weighted by Crippen LogP contribution is -2.21. The first kappa shape index (κ1) is 17.7. The SMILES string of the molecule is NC(=O)COc1ccccc1C(=O)Nc1ccc(-c2cn3ccsc3n2)cc1. The minimum absolute atomic E-state index is 0.291. The van der Waals surface area contributed by atoms with E-state index in [4.69, 9.17) is 10.5 Å². The Bertz CT molecular complexity index is 1120. The molecule has 0 aliphatic rings. The van der Waals surface area contributed by atoms with Crippen molar-refractivity contribution in [2.75, 3.05) is 11.9 Å². The van der Waals surface area contributed by atoms with Gasteiger partial charge in [0.15, 0.2) is 11.6 Å². The molecule has 7 nitrogen and oxygen atoms in total. The maximum Gasteiger partial charge on any atom is 0.259 e. The number of para-hydroxylation sites is 1. The molecule has 28 heavy (non-hydrogen) atoms. The van der Waals surface area contributed by atoms with Crippen LogP contribution in [0.5, 0.6) is 5.75 Å². The van der Waals surface area contributed by atoms with E-state index in [0.717, 1.165) is 16.2 Å². The van der Waals surface area contributed by atoms with Crippen LogP contribution in [0.4, 0.5) is 5.69 Å². The average molecular weight is 392 g/mol. The van der Waals surface area contributed by atoms with E-state index in [-0.39, 0.29) is 12.5 Å². The van der Waals surface area contributed by atoms with Crippen LogP contribution >= 0.6 is 11.3 Å². The third-order valence-corrected chi connectivity index (χ3v) is 4.80. The number of primary amides is 1. The number of hydrogen-bond acceptors (Lipinski definition) is 5. The van der Waals surface area contributed by atoms with Gasteiger partial charge in [-0.1, -0.05) is 24.3 Å². The third kappa shape index (κ3) is 3.72. The Hall–Kier alpha value is -3.65. The molecule has 4 rings (SSSR count). The quantitative estimate of drug-likeness (QED) is 0.526. The van der Waals surface area contributed by atoms with Crippen molar-refractivity contribution >= 4 is 33.8 Å². The molecule has 0 unspecified atom stereocenters. The fraction of sp³-hybridized carbons (Fsp3) is 0.0500. The number of imidazole rings is 1. The number of thiazole rings is 1. The lowest BCUT2D eigenvalue weighted by atomic mass is 10.1. The highest BCUT2D eigenvalue weighted by molar-refractivity contribution is 7.15. The molecular formula is C20H16N4O3S. The van der Waals surface area contributed by atoms with Gasteiger partial charge in [0.2, 0.25) is 0 Å².